The maximum Gasteiger partial charge on any atom is 0.262 e. The lowest BCUT2D eigenvalue weighted by Crippen LogP contribution is -2.21. The molecule has 7 heteroatoms. The van der Waals surface area contributed by atoms with Crippen molar-refractivity contribution in [2.75, 3.05) is 17.2 Å². The van der Waals surface area contributed by atoms with Gasteiger partial charge in [0.2, 0.25) is 0 Å². The quantitative estimate of drug-likeness (QED) is 0.254. The van der Waals surface area contributed by atoms with Crippen LogP contribution in [0, 0.1) is 0 Å². The minimum Gasteiger partial charge on any atom is -0.484 e. The predicted octanol–water partition coefficient (Wildman–Crippen LogP) is 6.40. The largest absolute Gasteiger partial charge is 0.484 e. The van der Waals surface area contributed by atoms with Gasteiger partial charge in [-0.15, -0.1) is 0 Å². The highest BCUT2D eigenvalue weighted by Crippen LogP contribution is 2.24. The van der Waals surface area contributed by atoms with Crippen LogP contribution in [0.2, 0.25) is 5.02 Å². The SMILES string of the molecule is CCc1ccccc1NC(=O)c1ccc(OCC(=O)Nc2ccc(Cl)cc2C(=O)c2ccccc2)cc1. The smallest absolute Gasteiger partial charge is 0.262 e. The minimum atomic E-state index is -0.442. The van der Waals surface area contributed by atoms with Gasteiger partial charge in [0.15, 0.2) is 12.4 Å². The number of ketones is 1. The molecule has 0 saturated carbocycles. The summed E-state index contributed by atoms with van der Waals surface area (Å²) in [6, 6.07) is 27.6. The van der Waals surface area contributed by atoms with Gasteiger partial charge in [-0.2, -0.15) is 0 Å². The molecular formula is C30H25ClN2O4. The van der Waals surface area contributed by atoms with Gasteiger partial charge in [-0.1, -0.05) is 67.1 Å². The molecule has 0 aliphatic carbocycles. The summed E-state index contributed by atoms with van der Waals surface area (Å²) in [5, 5.41) is 6.03. The van der Waals surface area contributed by atoms with Gasteiger partial charge in [0.05, 0.1) is 5.69 Å². The van der Waals surface area contributed by atoms with Crippen LogP contribution in [0.3, 0.4) is 0 Å². The van der Waals surface area contributed by atoms with E-state index in [-0.39, 0.29) is 23.9 Å². The van der Waals surface area contributed by atoms with E-state index in [9.17, 15) is 14.4 Å². The number of carbonyl (C=O) groups excluding carboxylic acids is 3. The molecule has 0 aliphatic rings. The molecule has 0 bridgehead atoms. The molecule has 0 fully saturated rings. The fourth-order valence-corrected chi connectivity index (χ4v) is 3.91. The van der Waals surface area contributed by atoms with E-state index in [1.165, 1.54) is 6.07 Å². The molecule has 0 aromatic heterocycles. The summed E-state index contributed by atoms with van der Waals surface area (Å²) >= 11 is 6.10. The molecule has 2 amide bonds. The fourth-order valence-electron chi connectivity index (χ4n) is 3.74. The van der Waals surface area contributed by atoms with E-state index in [1.54, 1.807) is 60.7 Å². The van der Waals surface area contributed by atoms with Gasteiger partial charge in [0, 0.05) is 27.4 Å². The summed E-state index contributed by atoms with van der Waals surface area (Å²) < 4.78 is 5.58. The van der Waals surface area contributed by atoms with Crippen LogP contribution in [0.5, 0.6) is 5.75 Å². The number of nitrogens with one attached hydrogen (secondary N) is 2. The predicted molar refractivity (Wildman–Crippen MR) is 146 cm³/mol. The highest BCUT2D eigenvalue weighted by atomic mass is 35.5. The lowest BCUT2D eigenvalue weighted by atomic mass is 10.0. The Morgan fingerprint density at radius 3 is 2.19 bits per heavy atom. The third kappa shape index (κ3) is 6.63. The summed E-state index contributed by atoms with van der Waals surface area (Å²) in [5.74, 6) is -0.502. The first-order valence-electron chi connectivity index (χ1n) is 11.8. The summed E-state index contributed by atoms with van der Waals surface area (Å²) in [7, 11) is 0. The Hall–Kier alpha value is -4.42. The highest BCUT2D eigenvalue weighted by Gasteiger charge is 2.16. The van der Waals surface area contributed by atoms with E-state index >= 15 is 0 Å². The maximum absolute atomic E-state index is 12.9. The number of rotatable bonds is 9. The normalized spacial score (nSPS) is 10.4. The average molecular weight is 513 g/mol. The van der Waals surface area contributed by atoms with Gasteiger partial charge in [0.25, 0.3) is 11.8 Å². The first-order valence-corrected chi connectivity index (χ1v) is 12.1. The van der Waals surface area contributed by atoms with Crippen LogP contribution in [0.1, 0.15) is 38.8 Å². The number of benzene rings is 4. The van der Waals surface area contributed by atoms with Crippen LogP contribution in [-0.4, -0.2) is 24.2 Å². The third-order valence-electron chi connectivity index (χ3n) is 5.67. The second kappa shape index (κ2) is 12.0. The van der Waals surface area contributed by atoms with Crippen molar-refractivity contribution in [1.29, 1.82) is 0 Å². The molecule has 4 rings (SSSR count). The van der Waals surface area contributed by atoms with E-state index in [0.717, 1.165) is 17.7 Å². The zero-order valence-electron chi connectivity index (χ0n) is 20.2. The number of hydrogen-bond donors (Lipinski definition) is 2. The number of ether oxygens (including phenoxy) is 1. The van der Waals surface area contributed by atoms with Crippen LogP contribution in [0.15, 0.2) is 97.1 Å². The summed E-state index contributed by atoms with van der Waals surface area (Å²) in [6.45, 7) is 1.75. The van der Waals surface area contributed by atoms with E-state index < -0.39 is 5.91 Å². The van der Waals surface area contributed by atoms with Gasteiger partial charge in [0.1, 0.15) is 5.75 Å². The van der Waals surface area contributed by atoms with E-state index in [1.807, 2.05) is 37.3 Å². The number of aryl methyl sites for hydroxylation is 1. The van der Waals surface area contributed by atoms with Crippen LogP contribution in [0.4, 0.5) is 11.4 Å². The maximum atomic E-state index is 12.9. The molecule has 0 aliphatic heterocycles. The molecule has 0 radical (unpaired) electrons. The minimum absolute atomic E-state index is 0.233. The first-order chi connectivity index (χ1) is 17.9. The van der Waals surface area contributed by atoms with Crippen molar-refractivity contribution < 1.29 is 19.1 Å². The zero-order valence-corrected chi connectivity index (χ0v) is 20.9. The third-order valence-corrected chi connectivity index (χ3v) is 5.90. The molecule has 2 N–H and O–H groups in total. The molecule has 0 heterocycles. The van der Waals surface area contributed by atoms with Gasteiger partial charge in [-0.05, 0) is 60.5 Å². The molecule has 0 saturated heterocycles. The van der Waals surface area contributed by atoms with Crippen LogP contribution in [0.25, 0.3) is 0 Å². The molecule has 37 heavy (non-hydrogen) atoms. The number of halogens is 1. The van der Waals surface area contributed by atoms with Crippen molar-refractivity contribution in [2.24, 2.45) is 0 Å². The van der Waals surface area contributed by atoms with E-state index in [2.05, 4.69) is 10.6 Å². The first kappa shape index (κ1) is 25.7. The van der Waals surface area contributed by atoms with E-state index in [4.69, 9.17) is 16.3 Å². The topological polar surface area (TPSA) is 84.5 Å². The second-order valence-corrected chi connectivity index (χ2v) is 8.65. The Bertz CT molecular complexity index is 1420. The van der Waals surface area contributed by atoms with Gasteiger partial charge < -0.3 is 15.4 Å². The Morgan fingerprint density at radius 1 is 0.757 bits per heavy atom. The van der Waals surface area contributed by atoms with Crippen molar-refractivity contribution in [2.45, 2.75) is 13.3 Å². The monoisotopic (exact) mass is 512 g/mol. The average Bonchev–Trinajstić information content (AvgIpc) is 2.93. The molecule has 4 aromatic rings. The number of hydrogen-bond acceptors (Lipinski definition) is 4. The second-order valence-electron chi connectivity index (χ2n) is 8.21. The molecule has 0 atom stereocenters. The lowest BCUT2D eigenvalue weighted by Gasteiger charge is -2.12. The molecule has 6 nitrogen and oxygen atoms in total. The molecule has 0 spiro atoms. The molecule has 0 unspecified atom stereocenters. The van der Waals surface area contributed by atoms with Crippen molar-refractivity contribution in [3.63, 3.8) is 0 Å². The standard InChI is InChI=1S/C30H25ClN2O4/c1-2-20-8-6-7-11-26(20)33-30(36)22-12-15-24(16-13-22)37-19-28(34)32-27-17-14-23(31)18-25(27)29(35)21-9-4-3-5-10-21/h3-18H,2,19H2,1H3,(H,32,34)(H,33,36). The fraction of sp³-hybridized carbons (Fsp3) is 0.100. The van der Waals surface area contributed by atoms with Crippen LogP contribution < -0.4 is 15.4 Å². The Labute approximate surface area is 220 Å². The zero-order chi connectivity index (χ0) is 26.2. The van der Waals surface area contributed by atoms with Gasteiger partial charge in [-0.25, -0.2) is 0 Å². The van der Waals surface area contributed by atoms with Gasteiger partial charge in [-0.3, -0.25) is 14.4 Å². The number of anilines is 2. The number of carbonyl (C=O) groups is 3. The highest BCUT2D eigenvalue weighted by molar-refractivity contribution is 6.31. The van der Waals surface area contributed by atoms with Crippen molar-refractivity contribution in [3.05, 3.63) is 124 Å². The van der Waals surface area contributed by atoms with Gasteiger partial charge >= 0.3 is 0 Å². The Morgan fingerprint density at radius 2 is 1.46 bits per heavy atom. The molecule has 4 aromatic carbocycles. The molecular weight excluding hydrogens is 488 g/mol. The van der Waals surface area contributed by atoms with Crippen molar-refractivity contribution in [1.82, 2.24) is 0 Å². The number of para-hydroxylation sites is 1. The molecule has 186 valence electrons. The van der Waals surface area contributed by atoms with Crippen molar-refractivity contribution >= 4 is 40.6 Å². The Balaban J connectivity index is 1.37. The lowest BCUT2D eigenvalue weighted by molar-refractivity contribution is -0.118. The van der Waals surface area contributed by atoms with Crippen LogP contribution in [-0.2, 0) is 11.2 Å². The Kier molecular flexibility index (Phi) is 8.33. The van der Waals surface area contributed by atoms with Crippen LogP contribution >= 0.6 is 11.6 Å². The van der Waals surface area contributed by atoms with Crippen molar-refractivity contribution in [3.8, 4) is 5.75 Å². The summed E-state index contributed by atoms with van der Waals surface area (Å²) in [4.78, 5) is 38.1. The van der Waals surface area contributed by atoms with E-state index in [0.29, 0.717) is 27.6 Å². The summed E-state index contributed by atoms with van der Waals surface area (Å²) in [5.41, 5.74) is 3.40. The summed E-state index contributed by atoms with van der Waals surface area (Å²) in [6.07, 6.45) is 0.809. The number of amides is 2.